The van der Waals surface area contributed by atoms with Crippen LogP contribution in [0.15, 0.2) is 72.8 Å². The molecular weight excluding hydrogens is 596 g/mol. The maximum Gasteiger partial charge on any atom is 0.303 e. The van der Waals surface area contributed by atoms with Gasteiger partial charge in [0, 0.05) is 49.7 Å². The van der Waals surface area contributed by atoms with Crippen molar-refractivity contribution >= 4 is 47.7 Å². The van der Waals surface area contributed by atoms with Gasteiger partial charge in [-0.05, 0) is 61.6 Å². The van der Waals surface area contributed by atoms with Gasteiger partial charge >= 0.3 is 5.97 Å². The molecular formula is C34H45ClN4O6. The maximum absolute atomic E-state index is 12.4. The van der Waals surface area contributed by atoms with Crippen LogP contribution in [0.4, 0.5) is 11.4 Å². The zero-order valence-electron chi connectivity index (χ0n) is 26.4. The molecule has 4 N–H and O–H groups in total. The standard InChI is InChI=1S/C28H33ClN4O2.C4H8O2.C2H4O2/c1-3-31-28(35)22-14-16-27(26(17-22)30-2)33(18-23-11-7-8-12-25(23)29)19-24(32-20-34)15-13-21-9-5-4-6-10-21;1-2-3-4(5)6;1-4-2-3/h4-12,14,16-17,20,24,30H,3,13,15,18-19H2,1-2H3,(H,31,35)(H,32,34);2-3H2,1H3,(H,5,6);2H,1H3. The van der Waals surface area contributed by atoms with Crippen LogP contribution in [-0.2, 0) is 32.1 Å². The van der Waals surface area contributed by atoms with Crippen molar-refractivity contribution in [3.8, 4) is 0 Å². The lowest BCUT2D eigenvalue weighted by molar-refractivity contribution is -0.137. The average Bonchev–Trinajstić information content (AvgIpc) is 3.05. The molecule has 0 bridgehead atoms. The quantitative estimate of drug-likeness (QED) is 0.150. The number of carbonyl (C=O) groups is 4. The largest absolute Gasteiger partial charge is 0.481 e. The van der Waals surface area contributed by atoms with Crippen molar-refractivity contribution in [3.63, 3.8) is 0 Å². The zero-order chi connectivity index (χ0) is 33.5. The molecule has 0 saturated heterocycles. The summed E-state index contributed by atoms with van der Waals surface area (Å²) in [5, 5.41) is 17.7. The van der Waals surface area contributed by atoms with Gasteiger partial charge in [-0.2, -0.15) is 0 Å². The third-order valence-corrected chi connectivity index (χ3v) is 6.82. The van der Waals surface area contributed by atoms with Crippen molar-refractivity contribution in [1.82, 2.24) is 10.6 Å². The number of nitrogens with one attached hydrogen (secondary N) is 3. The lowest BCUT2D eigenvalue weighted by atomic mass is 10.0. The number of rotatable bonds is 16. The smallest absolute Gasteiger partial charge is 0.303 e. The molecule has 0 aliphatic rings. The molecule has 3 aromatic carbocycles. The predicted molar refractivity (Wildman–Crippen MR) is 180 cm³/mol. The van der Waals surface area contributed by atoms with E-state index in [-0.39, 0.29) is 11.9 Å². The molecule has 0 aliphatic carbocycles. The number of benzene rings is 3. The molecule has 0 radical (unpaired) electrons. The zero-order valence-corrected chi connectivity index (χ0v) is 27.2. The molecule has 3 rings (SSSR count). The first kappa shape index (κ1) is 38.5. The van der Waals surface area contributed by atoms with Crippen LogP contribution in [0.5, 0.6) is 0 Å². The van der Waals surface area contributed by atoms with E-state index in [1.54, 1.807) is 0 Å². The van der Waals surface area contributed by atoms with Gasteiger partial charge in [0.25, 0.3) is 12.4 Å². The maximum atomic E-state index is 12.4. The molecule has 244 valence electrons. The number of carbonyl (C=O) groups excluding carboxylic acids is 3. The number of hydrogen-bond acceptors (Lipinski definition) is 7. The second-order valence-corrected chi connectivity index (χ2v) is 10.2. The number of aliphatic carboxylic acids is 1. The Labute approximate surface area is 271 Å². The summed E-state index contributed by atoms with van der Waals surface area (Å²) in [6, 6.07) is 23.5. The van der Waals surface area contributed by atoms with E-state index < -0.39 is 5.97 Å². The van der Waals surface area contributed by atoms with Gasteiger partial charge in [0.2, 0.25) is 6.41 Å². The fourth-order valence-corrected chi connectivity index (χ4v) is 4.48. The van der Waals surface area contributed by atoms with Gasteiger partial charge in [-0.3, -0.25) is 19.2 Å². The Morgan fingerprint density at radius 2 is 1.69 bits per heavy atom. The van der Waals surface area contributed by atoms with Gasteiger partial charge in [-0.25, -0.2) is 0 Å². The number of ether oxygens (including phenoxy) is 1. The Balaban J connectivity index is 0.000000878. The average molecular weight is 641 g/mol. The Hall–Kier alpha value is -4.57. The second kappa shape index (κ2) is 22.9. The van der Waals surface area contributed by atoms with E-state index in [0.29, 0.717) is 43.1 Å². The summed E-state index contributed by atoms with van der Waals surface area (Å²) >= 11 is 6.50. The number of aryl methyl sites for hydroxylation is 1. The third-order valence-electron chi connectivity index (χ3n) is 6.45. The molecule has 3 aromatic rings. The van der Waals surface area contributed by atoms with Crippen LogP contribution >= 0.6 is 11.6 Å². The molecule has 0 saturated carbocycles. The number of carboxylic acid groups (broad SMARTS) is 1. The summed E-state index contributed by atoms with van der Waals surface area (Å²) in [6.07, 6.45) is 3.42. The number of amides is 2. The molecule has 0 spiro atoms. The molecule has 45 heavy (non-hydrogen) atoms. The fraction of sp³-hybridized carbons (Fsp3) is 0.353. The summed E-state index contributed by atoms with van der Waals surface area (Å²) in [7, 11) is 3.15. The molecule has 0 fully saturated rings. The van der Waals surface area contributed by atoms with Crippen molar-refractivity contribution < 1.29 is 29.0 Å². The van der Waals surface area contributed by atoms with Crippen LogP contribution in [0.3, 0.4) is 0 Å². The summed E-state index contributed by atoms with van der Waals surface area (Å²) in [6.45, 7) is 5.80. The lowest BCUT2D eigenvalue weighted by Gasteiger charge is -2.31. The summed E-state index contributed by atoms with van der Waals surface area (Å²) in [5.41, 5.74) is 4.55. The number of anilines is 2. The van der Waals surface area contributed by atoms with E-state index in [0.717, 1.165) is 42.6 Å². The highest BCUT2D eigenvalue weighted by atomic mass is 35.5. The Bertz CT molecular complexity index is 1310. The highest BCUT2D eigenvalue weighted by Crippen LogP contribution is 2.30. The van der Waals surface area contributed by atoms with Gasteiger partial charge in [0.15, 0.2) is 0 Å². The molecule has 1 atom stereocenters. The fourth-order valence-electron chi connectivity index (χ4n) is 4.29. The summed E-state index contributed by atoms with van der Waals surface area (Å²) in [5.74, 6) is -0.825. The van der Waals surface area contributed by atoms with Crippen molar-refractivity contribution in [3.05, 3.63) is 94.5 Å². The Kier molecular flexibility index (Phi) is 19.6. The van der Waals surface area contributed by atoms with Crippen LogP contribution in [0.1, 0.15) is 54.6 Å². The summed E-state index contributed by atoms with van der Waals surface area (Å²) in [4.78, 5) is 44.6. The van der Waals surface area contributed by atoms with Crippen LogP contribution in [0.25, 0.3) is 0 Å². The minimum atomic E-state index is -0.711. The van der Waals surface area contributed by atoms with Gasteiger partial charge in [0.1, 0.15) is 0 Å². The molecule has 10 nitrogen and oxygen atoms in total. The molecule has 11 heteroatoms. The van der Waals surface area contributed by atoms with E-state index in [1.165, 1.54) is 12.7 Å². The van der Waals surface area contributed by atoms with Crippen LogP contribution in [0, 0.1) is 0 Å². The minimum Gasteiger partial charge on any atom is -0.481 e. The minimum absolute atomic E-state index is 0.0806. The Morgan fingerprint density at radius 1 is 1.02 bits per heavy atom. The molecule has 0 aliphatic heterocycles. The normalized spacial score (nSPS) is 10.4. The first-order valence-electron chi connectivity index (χ1n) is 14.7. The van der Waals surface area contributed by atoms with Crippen LogP contribution < -0.4 is 20.9 Å². The first-order valence-corrected chi connectivity index (χ1v) is 15.1. The number of methoxy groups -OCH3 is 1. The second-order valence-electron chi connectivity index (χ2n) is 9.79. The van der Waals surface area contributed by atoms with Crippen molar-refractivity contribution in [2.75, 3.05) is 37.5 Å². The predicted octanol–water partition coefficient (Wildman–Crippen LogP) is 5.55. The van der Waals surface area contributed by atoms with Gasteiger partial charge in [0.05, 0.1) is 18.5 Å². The lowest BCUT2D eigenvalue weighted by Crippen LogP contribution is -2.41. The SMILES string of the molecule is CCCC(=O)O.CCNC(=O)c1ccc(N(Cc2ccccc2Cl)CC(CCc2ccccc2)NC=O)c(NC)c1.COC=O. The number of hydrogen-bond donors (Lipinski definition) is 4. The van der Waals surface area contributed by atoms with Crippen LogP contribution in [0.2, 0.25) is 5.02 Å². The van der Waals surface area contributed by atoms with Crippen molar-refractivity contribution in [2.45, 2.75) is 52.1 Å². The summed E-state index contributed by atoms with van der Waals surface area (Å²) < 4.78 is 3.86. The van der Waals surface area contributed by atoms with E-state index in [9.17, 15) is 14.4 Å². The number of carboxylic acids is 1. The van der Waals surface area contributed by atoms with E-state index in [1.807, 2.05) is 81.6 Å². The highest BCUT2D eigenvalue weighted by molar-refractivity contribution is 6.31. The highest BCUT2D eigenvalue weighted by Gasteiger charge is 2.20. The van der Waals surface area contributed by atoms with Crippen LogP contribution in [-0.4, -0.2) is 63.2 Å². The van der Waals surface area contributed by atoms with Gasteiger partial charge < -0.3 is 30.7 Å². The van der Waals surface area contributed by atoms with E-state index in [2.05, 4.69) is 37.7 Å². The van der Waals surface area contributed by atoms with Gasteiger partial charge in [-0.1, -0.05) is 67.1 Å². The first-order chi connectivity index (χ1) is 21.7. The number of nitrogens with zero attached hydrogens (tertiary/aromatic N) is 1. The molecule has 0 aromatic heterocycles. The van der Waals surface area contributed by atoms with Crippen molar-refractivity contribution in [1.29, 1.82) is 0 Å². The topological polar surface area (TPSA) is 137 Å². The van der Waals surface area contributed by atoms with E-state index >= 15 is 0 Å². The van der Waals surface area contributed by atoms with Crippen molar-refractivity contribution in [2.24, 2.45) is 0 Å². The monoisotopic (exact) mass is 640 g/mol. The Morgan fingerprint density at radius 3 is 2.22 bits per heavy atom. The molecule has 2 amide bonds. The third kappa shape index (κ3) is 15.1. The van der Waals surface area contributed by atoms with E-state index in [4.69, 9.17) is 21.5 Å². The molecule has 1 unspecified atom stereocenters. The van der Waals surface area contributed by atoms with Gasteiger partial charge in [-0.15, -0.1) is 0 Å². The molecule has 0 heterocycles. The number of halogens is 1.